The number of hydrogen-bond donors (Lipinski definition) is 2. The van der Waals surface area contributed by atoms with Gasteiger partial charge in [-0.2, -0.15) is 0 Å². The van der Waals surface area contributed by atoms with Crippen molar-refractivity contribution in [2.75, 3.05) is 19.7 Å². The van der Waals surface area contributed by atoms with Crippen LogP contribution in [0.2, 0.25) is 0 Å². The van der Waals surface area contributed by atoms with Crippen LogP contribution in [0.3, 0.4) is 0 Å². The van der Waals surface area contributed by atoms with Gasteiger partial charge < -0.3 is 19.9 Å². The summed E-state index contributed by atoms with van der Waals surface area (Å²) in [5.74, 6) is 2.60. The summed E-state index contributed by atoms with van der Waals surface area (Å²) < 4.78 is 7.63. The predicted octanol–water partition coefficient (Wildman–Crippen LogP) is 1.53. The first-order valence-electron chi connectivity index (χ1n) is 8.69. The number of aryl methyl sites for hydroxylation is 1. The van der Waals surface area contributed by atoms with Crippen molar-refractivity contribution in [1.82, 2.24) is 25.4 Å². The van der Waals surface area contributed by atoms with Gasteiger partial charge in [0.05, 0.1) is 6.10 Å². The molecule has 0 aromatic carbocycles. The van der Waals surface area contributed by atoms with Gasteiger partial charge >= 0.3 is 0 Å². The highest BCUT2D eigenvalue weighted by molar-refractivity contribution is 5.79. The van der Waals surface area contributed by atoms with Crippen molar-refractivity contribution in [3.05, 3.63) is 11.6 Å². The molecule has 130 valence electrons. The van der Waals surface area contributed by atoms with Gasteiger partial charge in [-0.3, -0.25) is 0 Å². The van der Waals surface area contributed by atoms with E-state index in [1.807, 2.05) is 18.5 Å². The Morgan fingerprint density at radius 2 is 2.22 bits per heavy atom. The molecule has 1 aromatic heterocycles. The molecule has 23 heavy (non-hydrogen) atoms. The van der Waals surface area contributed by atoms with E-state index < -0.39 is 0 Å². The lowest BCUT2D eigenvalue weighted by Crippen LogP contribution is -2.41. The Balaban J connectivity index is 1.87. The Morgan fingerprint density at radius 3 is 2.87 bits per heavy atom. The van der Waals surface area contributed by atoms with Crippen LogP contribution in [0.4, 0.5) is 0 Å². The van der Waals surface area contributed by atoms with Gasteiger partial charge in [-0.1, -0.05) is 19.8 Å². The summed E-state index contributed by atoms with van der Waals surface area (Å²) in [5, 5.41) is 15.0. The van der Waals surface area contributed by atoms with Crippen LogP contribution in [-0.4, -0.2) is 46.5 Å². The van der Waals surface area contributed by atoms with E-state index in [9.17, 15) is 0 Å². The van der Waals surface area contributed by atoms with Crippen LogP contribution >= 0.6 is 0 Å². The Kier molecular flexibility index (Phi) is 7.32. The van der Waals surface area contributed by atoms with Gasteiger partial charge in [0.2, 0.25) is 0 Å². The number of rotatable bonds is 8. The number of guanidine groups is 1. The SMILES string of the molecule is CCCCCNC(=NCc1nnc(C)n1C)NCC1CCCO1. The van der Waals surface area contributed by atoms with E-state index in [0.717, 1.165) is 56.6 Å². The monoisotopic (exact) mass is 322 g/mol. The molecule has 0 saturated carbocycles. The van der Waals surface area contributed by atoms with Crippen LogP contribution in [0.1, 0.15) is 50.7 Å². The normalized spacial score (nSPS) is 18.4. The zero-order chi connectivity index (χ0) is 16.5. The lowest BCUT2D eigenvalue weighted by atomic mass is 10.2. The van der Waals surface area contributed by atoms with Crippen molar-refractivity contribution < 1.29 is 4.74 Å². The first-order valence-corrected chi connectivity index (χ1v) is 8.69. The number of nitrogens with one attached hydrogen (secondary N) is 2. The van der Waals surface area contributed by atoms with Crippen LogP contribution in [0.25, 0.3) is 0 Å². The number of aromatic nitrogens is 3. The summed E-state index contributed by atoms with van der Waals surface area (Å²) in [6.07, 6.45) is 6.18. The Bertz CT molecular complexity index is 493. The van der Waals surface area contributed by atoms with Crippen molar-refractivity contribution in [1.29, 1.82) is 0 Å². The van der Waals surface area contributed by atoms with Gasteiger partial charge in [0.15, 0.2) is 11.8 Å². The summed E-state index contributed by atoms with van der Waals surface area (Å²) in [4.78, 5) is 4.64. The van der Waals surface area contributed by atoms with E-state index in [2.05, 4.69) is 32.7 Å². The fraction of sp³-hybridized carbons (Fsp3) is 0.812. The summed E-state index contributed by atoms with van der Waals surface area (Å²) in [6, 6.07) is 0. The van der Waals surface area contributed by atoms with Gasteiger partial charge in [-0.05, 0) is 26.2 Å². The minimum atomic E-state index is 0.301. The standard InChI is InChI=1S/C16H30N6O/c1-4-5-6-9-17-16(18-11-14-8-7-10-23-14)19-12-15-21-20-13(2)22(15)3/h14H,4-12H2,1-3H3,(H2,17,18,19). The molecule has 2 rings (SSSR count). The fourth-order valence-electron chi connectivity index (χ4n) is 2.51. The molecule has 7 nitrogen and oxygen atoms in total. The minimum absolute atomic E-state index is 0.301. The number of aliphatic imine (C=N–C) groups is 1. The molecule has 1 saturated heterocycles. The van der Waals surface area contributed by atoms with Crippen molar-refractivity contribution in [2.24, 2.45) is 12.0 Å². The smallest absolute Gasteiger partial charge is 0.191 e. The highest BCUT2D eigenvalue weighted by Crippen LogP contribution is 2.10. The molecular weight excluding hydrogens is 292 g/mol. The number of nitrogens with zero attached hydrogens (tertiary/aromatic N) is 4. The van der Waals surface area contributed by atoms with Gasteiger partial charge in [0, 0.05) is 26.7 Å². The van der Waals surface area contributed by atoms with Crippen molar-refractivity contribution in [2.45, 2.75) is 58.6 Å². The topological polar surface area (TPSA) is 76.4 Å². The maximum Gasteiger partial charge on any atom is 0.191 e. The van der Waals surface area contributed by atoms with Gasteiger partial charge in [0.1, 0.15) is 12.4 Å². The molecule has 0 radical (unpaired) electrons. The minimum Gasteiger partial charge on any atom is -0.376 e. The summed E-state index contributed by atoms with van der Waals surface area (Å²) in [5.41, 5.74) is 0. The molecule has 0 amide bonds. The van der Waals surface area contributed by atoms with Crippen LogP contribution in [-0.2, 0) is 18.3 Å². The average Bonchev–Trinajstić information content (AvgIpc) is 3.18. The molecule has 7 heteroatoms. The second-order valence-corrected chi connectivity index (χ2v) is 6.04. The molecule has 0 aliphatic carbocycles. The highest BCUT2D eigenvalue weighted by Gasteiger charge is 2.15. The zero-order valence-electron chi connectivity index (χ0n) is 14.6. The molecular formula is C16H30N6O. The fourth-order valence-corrected chi connectivity index (χ4v) is 2.51. The maximum atomic E-state index is 5.66. The average molecular weight is 322 g/mol. The first-order chi connectivity index (χ1) is 11.2. The highest BCUT2D eigenvalue weighted by atomic mass is 16.5. The van der Waals surface area contributed by atoms with Crippen molar-refractivity contribution in [3.63, 3.8) is 0 Å². The number of hydrogen-bond acceptors (Lipinski definition) is 4. The van der Waals surface area contributed by atoms with E-state index in [1.54, 1.807) is 0 Å². The number of unbranched alkanes of at least 4 members (excludes halogenated alkanes) is 2. The third-order valence-electron chi connectivity index (χ3n) is 4.16. The Hall–Kier alpha value is -1.63. The largest absolute Gasteiger partial charge is 0.376 e. The summed E-state index contributed by atoms with van der Waals surface area (Å²) in [6.45, 7) is 7.29. The zero-order valence-corrected chi connectivity index (χ0v) is 14.6. The van der Waals surface area contributed by atoms with Crippen LogP contribution < -0.4 is 10.6 Å². The molecule has 1 aliphatic heterocycles. The van der Waals surface area contributed by atoms with E-state index in [-0.39, 0.29) is 0 Å². The first kappa shape index (κ1) is 17.7. The molecule has 0 spiro atoms. The van der Waals surface area contributed by atoms with E-state index in [4.69, 9.17) is 4.74 Å². The van der Waals surface area contributed by atoms with Gasteiger partial charge in [-0.25, -0.2) is 4.99 Å². The summed E-state index contributed by atoms with van der Waals surface area (Å²) >= 11 is 0. The molecule has 1 aromatic rings. The molecule has 2 heterocycles. The quantitative estimate of drug-likeness (QED) is 0.431. The van der Waals surface area contributed by atoms with E-state index >= 15 is 0 Å². The van der Waals surface area contributed by atoms with E-state index in [0.29, 0.717) is 12.6 Å². The third-order valence-corrected chi connectivity index (χ3v) is 4.16. The Morgan fingerprint density at radius 1 is 1.35 bits per heavy atom. The van der Waals surface area contributed by atoms with Crippen molar-refractivity contribution >= 4 is 5.96 Å². The Labute approximate surface area is 138 Å². The van der Waals surface area contributed by atoms with Gasteiger partial charge in [0.25, 0.3) is 0 Å². The maximum absolute atomic E-state index is 5.66. The van der Waals surface area contributed by atoms with Crippen LogP contribution in [0.15, 0.2) is 4.99 Å². The van der Waals surface area contributed by atoms with Gasteiger partial charge in [-0.15, -0.1) is 10.2 Å². The van der Waals surface area contributed by atoms with Crippen molar-refractivity contribution in [3.8, 4) is 0 Å². The molecule has 2 N–H and O–H groups in total. The molecule has 1 unspecified atom stereocenters. The summed E-state index contributed by atoms with van der Waals surface area (Å²) in [7, 11) is 1.97. The second-order valence-electron chi connectivity index (χ2n) is 6.04. The van der Waals surface area contributed by atoms with Crippen LogP contribution in [0, 0.1) is 6.92 Å². The lowest BCUT2D eigenvalue weighted by molar-refractivity contribution is 0.114. The lowest BCUT2D eigenvalue weighted by Gasteiger charge is -2.15. The van der Waals surface area contributed by atoms with E-state index in [1.165, 1.54) is 12.8 Å². The molecule has 0 bridgehead atoms. The third kappa shape index (κ3) is 5.82. The second kappa shape index (κ2) is 9.50. The molecule has 1 atom stereocenters. The predicted molar refractivity (Wildman–Crippen MR) is 91.4 cm³/mol. The van der Waals surface area contributed by atoms with Crippen LogP contribution in [0.5, 0.6) is 0 Å². The molecule has 1 fully saturated rings. The molecule has 1 aliphatic rings. The number of ether oxygens (including phenoxy) is 1.